The van der Waals surface area contributed by atoms with Gasteiger partial charge in [-0.3, -0.25) is 9.52 Å². The van der Waals surface area contributed by atoms with Gasteiger partial charge in [0.2, 0.25) is 0 Å². The van der Waals surface area contributed by atoms with E-state index in [4.69, 9.17) is 0 Å². The second-order valence-corrected chi connectivity index (χ2v) is 10.1. The van der Waals surface area contributed by atoms with Crippen LogP contribution >= 0.6 is 11.8 Å². The van der Waals surface area contributed by atoms with Gasteiger partial charge in [0.25, 0.3) is 15.9 Å². The van der Waals surface area contributed by atoms with Gasteiger partial charge in [-0.15, -0.1) is 0 Å². The van der Waals surface area contributed by atoms with Crippen molar-refractivity contribution < 1.29 is 13.2 Å². The number of aryl methyl sites for hydroxylation is 2. The van der Waals surface area contributed by atoms with Crippen LogP contribution in [0.25, 0.3) is 0 Å². The third-order valence-electron chi connectivity index (χ3n) is 4.59. The molecule has 0 bridgehead atoms. The fourth-order valence-corrected chi connectivity index (χ4v) is 4.84. The Hall–Kier alpha value is -2.77. The van der Waals surface area contributed by atoms with E-state index in [2.05, 4.69) is 35.2 Å². The number of carbonyl (C=O) groups is 1. The summed E-state index contributed by atoms with van der Waals surface area (Å²) in [7, 11) is -3.71. The van der Waals surface area contributed by atoms with Crippen molar-refractivity contribution in [1.82, 2.24) is 5.32 Å². The second-order valence-electron chi connectivity index (χ2n) is 7.30. The van der Waals surface area contributed by atoms with Crippen molar-refractivity contribution in [1.29, 1.82) is 0 Å². The number of rotatable bonds is 9. The monoisotopic (exact) mass is 454 g/mol. The minimum atomic E-state index is -3.71. The number of hydrogen-bond acceptors (Lipinski definition) is 4. The van der Waals surface area contributed by atoms with Gasteiger partial charge in [-0.1, -0.05) is 53.6 Å². The maximum atomic E-state index is 12.6. The number of thioether (sulfide) groups is 1. The molecule has 0 unspecified atom stereocenters. The van der Waals surface area contributed by atoms with E-state index < -0.39 is 10.0 Å². The lowest BCUT2D eigenvalue weighted by molar-refractivity contribution is 0.0956. The zero-order valence-corrected chi connectivity index (χ0v) is 19.2. The normalized spacial score (nSPS) is 11.2. The average molecular weight is 455 g/mol. The summed E-state index contributed by atoms with van der Waals surface area (Å²) in [6.45, 7) is 4.51. The van der Waals surface area contributed by atoms with Crippen molar-refractivity contribution in [3.63, 3.8) is 0 Å². The first-order chi connectivity index (χ1) is 14.8. The molecule has 0 aliphatic heterocycles. The van der Waals surface area contributed by atoms with Crippen molar-refractivity contribution in [3.05, 3.63) is 95.1 Å². The Bertz CT molecular complexity index is 1140. The first kappa shape index (κ1) is 22.9. The van der Waals surface area contributed by atoms with Crippen molar-refractivity contribution in [2.75, 3.05) is 17.0 Å². The number of nitrogens with one attached hydrogen (secondary N) is 2. The number of carbonyl (C=O) groups excluding carboxylic acids is 1. The van der Waals surface area contributed by atoms with Gasteiger partial charge >= 0.3 is 0 Å². The molecule has 0 radical (unpaired) electrons. The van der Waals surface area contributed by atoms with E-state index in [-0.39, 0.29) is 10.8 Å². The van der Waals surface area contributed by atoms with Crippen LogP contribution in [0.3, 0.4) is 0 Å². The Balaban J connectivity index is 1.52. The van der Waals surface area contributed by atoms with Crippen LogP contribution in [0.15, 0.2) is 77.7 Å². The molecule has 3 rings (SSSR count). The van der Waals surface area contributed by atoms with Crippen LogP contribution in [0, 0.1) is 13.8 Å². The van der Waals surface area contributed by atoms with E-state index in [1.54, 1.807) is 60.3 Å². The van der Waals surface area contributed by atoms with E-state index in [0.717, 1.165) is 17.1 Å². The number of hydrogen-bond donors (Lipinski definition) is 2. The molecule has 5 nitrogen and oxygen atoms in total. The maximum Gasteiger partial charge on any atom is 0.261 e. The van der Waals surface area contributed by atoms with Crippen LogP contribution in [0.5, 0.6) is 0 Å². The number of anilines is 1. The van der Waals surface area contributed by atoms with Gasteiger partial charge in [0.15, 0.2) is 0 Å². The zero-order chi connectivity index (χ0) is 22.3. The van der Waals surface area contributed by atoms with E-state index in [1.165, 1.54) is 11.1 Å². The molecule has 0 saturated heterocycles. The zero-order valence-electron chi connectivity index (χ0n) is 17.6. The van der Waals surface area contributed by atoms with Crippen molar-refractivity contribution in [2.45, 2.75) is 24.5 Å². The van der Waals surface area contributed by atoms with Gasteiger partial charge < -0.3 is 5.32 Å². The van der Waals surface area contributed by atoms with E-state index in [1.807, 2.05) is 13.0 Å². The largest absolute Gasteiger partial charge is 0.351 e. The molecule has 0 fully saturated rings. The number of sulfonamides is 1. The Morgan fingerprint density at radius 2 is 1.65 bits per heavy atom. The summed E-state index contributed by atoms with van der Waals surface area (Å²) in [6.07, 6.45) is 0. The van der Waals surface area contributed by atoms with Crippen LogP contribution in [0.4, 0.5) is 5.69 Å². The average Bonchev–Trinajstić information content (AvgIpc) is 2.73. The molecule has 3 aromatic rings. The quantitative estimate of drug-likeness (QED) is 0.457. The molecule has 31 heavy (non-hydrogen) atoms. The summed E-state index contributed by atoms with van der Waals surface area (Å²) in [4.78, 5) is 12.6. The first-order valence-corrected chi connectivity index (χ1v) is 12.6. The third-order valence-corrected chi connectivity index (χ3v) is 7.02. The summed E-state index contributed by atoms with van der Waals surface area (Å²) in [5.74, 6) is 1.46. The molecule has 7 heteroatoms. The molecule has 0 aromatic heterocycles. The van der Waals surface area contributed by atoms with Gasteiger partial charge in [-0.25, -0.2) is 8.42 Å². The van der Waals surface area contributed by atoms with E-state index in [9.17, 15) is 13.2 Å². The molecule has 0 saturated carbocycles. The number of amides is 1. The van der Waals surface area contributed by atoms with Crippen molar-refractivity contribution in [2.24, 2.45) is 0 Å². The van der Waals surface area contributed by atoms with Crippen molar-refractivity contribution >= 4 is 33.4 Å². The highest BCUT2D eigenvalue weighted by Gasteiger charge is 2.15. The SMILES string of the molecule is Cc1ccc(S(=O)(=O)Nc2cccc(C(=O)NCCSCc3cccc(C)c3)c2)cc1. The fraction of sp³-hybridized carbons (Fsp3) is 0.208. The molecule has 1 amide bonds. The molecule has 162 valence electrons. The van der Waals surface area contributed by atoms with Gasteiger partial charge in [0, 0.05) is 29.3 Å². The Morgan fingerprint density at radius 3 is 2.39 bits per heavy atom. The van der Waals surface area contributed by atoms with Gasteiger partial charge in [-0.2, -0.15) is 11.8 Å². The van der Waals surface area contributed by atoms with Crippen LogP contribution < -0.4 is 10.0 Å². The standard InChI is InChI=1S/C24H26N2O3S2/c1-18-9-11-23(12-10-18)31(28,29)26-22-8-4-7-21(16-22)24(27)25-13-14-30-17-20-6-3-5-19(2)15-20/h3-12,15-16,26H,13-14,17H2,1-2H3,(H,25,27). The Morgan fingerprint density at radius 1 is 0.903 bits per heavy atom. The molecule has 0 atom stereocenters. The maximum absolute atomic E-state index is 12.6. The molecule has 0 aliphatic carbocycles. The molecule has 0 aliphatic rings. The molecule has 3 aromatic carbocycles. The van der Waals surface area contributed by atoms with Crippen LogP contribution in [0.1, 0.15) is 27.0 Å². The highest BCUT2D eigenvalue weighted by atomic mass is 32.2. The topological polar surface area (TPSA) is 75.3 Å². The summed E-state index contributed by atoms with van der Waals surface area (Å²) in [6, 6.07) is 21.5. The second kappa shape index (κ2) is 10.5. The smallest absolute Gasteiger partial charge is 0.261 e. The van der Waals surface area contributed by atoms with E-state index in [0.29, 0.717) is 17.8 Å². The van der Waals surface area contributed by atoms with Crippen molar-refractivity contribution in [3.8, 4) is 0 Å². The lowest BCUT2D eigenvalue weighted by Gasteiger charge is -2.10. The van der Waals surface area contributed by atoms with Crippen LogP contribution in [0.2, 0.25) is 0 Å². The van der Waals surface area contributed by atoms with E-state index >= 15 is 0 Å². The first-order valence-electron chi connectivity index (χ1n) is 9.94. The third kappa shape index (κ3) is 6.87. The van der Waals surface area contributed by atoms with Crippen LogP contribution in [-0.2, 0) is 15.8 Å². The van der Waals surface area contributed by atoms with Gasteiger partial charge in [-0.05, 0) is 49.7 Å². The highest BCUT2D eigenvalue weighted by Crippen LogP contribution is 2.18. The number of benzene rings is 3. The molecular formula is C24H26N2O3S2. The summed E-state index contributed by atoms with van der Waals surface area (Å²) >= 11 is 1.76. The molecule has 0 heterocycles. The minimum absolute atomic E-state index is 0.179. The molecular weight excluding hydrogens is 428 g/mol. The summed E-state index contributed by atoms with van der Waals surface area (Å²) in [5, 5.41) is 2.89. The minimum Gasteiger partial charge on any atom is -0.351 e. The highest BCUT2D eigenvalue weighted by molar-refractivity contribution is 7.98. The predicted octanol–water partition coefficient (Wildman–Crippen LogP) is 4.77. The Kier molecular flexibility index (Phi) is 7.76. The Labute approximate surface area is 188 Å². The summed E-state index contributed by atoms with van der Waals surface area (Å²) in [5.41, 5.74) is 4.25. The molecule has 2 N–H and O–H groups in total. The molecule has 0 spiro atoms. The lowest BCUT2D eigenvalue weighted by Crippen LogP contribution is -2.26. The fourth-order valence-electron chi connectivity index (χ4n) is 2.99. The lowest BCUT2D eigenvalue weighted by atomic mass is 10.2. The predicted molar refractivity (Wildman–Crippen MR) is 128 cm³/mol. The van der Waals surface area contributed by atoms with Gasteiger partial charge in [0.1, 0.15) is 0 Å². The van der Waals surface area contributed by atoms with Gasteiger partial charge in [0.05, 0.1) is 4.90 Å². The summed E-state index contributed by atoms with van der Waals surface area (Å²) < 4.78 is 27.7. The van der Waals surface area contributed by atoms with Crippen LogP contribution in [-0.4, -0.2) is 26.6 Å².